The Kier molecular flexibility index (Phi) is 2.65. The third kappa shape index (κ3) is 1.82. The number of ether oxygens (including phenoxy) is 1. The van der Waals surface area contributed by atoms with Crippen LogP contribution in [0.2, 0.25) is 0 Å². The molecule has 0 saturated carbocycles. The van der Waals surface area contributed by atoms with Crippen LogP contribution < -0.4 is 10.1 Å². The number of likely N-dealkylation sites (tertiary alicyclic amines) is 1. The van der Waals surface area contributed by atoms with Crippen molar-refractivity contribution in [1.29, 1.82) is 0 Å². The highest BCUT2D eigenvalue weighted by molar-refractivity contribution is 5.74. The van der Waals surface area contributed by atoms with E-state index in [9.17, 15) is 4.79 Å². The number of carbonyl (C=O) groups is 1. The average molecular weight is 246 g/mol. The van der Waals surface area contributed by atoms with E-state index in [-0.39, 0.29) is 11.6 Å². The first-order chi connectivity index (χ1) is 8.72. The van der Waals surface area contributed by atoms with E-state index in [0.29, 0.717) is 6.54 Å². The van der Waals surface area contributed by atoms with Crippen LogP contribution in [0, 0.1) is 0 Å². The third-order valence-corrected chi connectivity index (χ3v) is 3.97. The number of urea groups is 1. The molecule has 1 N–H and O–H groups in total. The Hall–Kier alpha value is -1.71. The summed E-state index contributed by atoms with van der Waals surface area (Å²) in [6.07, 6.45) is 2.96. The van der Waals surface area contributed by atoms with Gasteiger partial charge >= 0.3 is 6.03 Å². The van der Waals surface area contributed by atoms with Crippen molar-refractivity contribution < 1.29 is 9.53 Å². The molecule has 1 aromatic carbocycles. The molecule has 1 unspecified atom stereocenters. The number of carbonyl (C=O) groups excluding carboxylic acids is 1. The SMILES string of the molecule is CNC(=O)N1CCC2(CCc3ccccc3O2)C1. The molecular formula is C14H18N2O2. The largest absolute Gasteiger partial charge is 0.485 e. The number of hydrogen-bond acceptors (Lipinski definition) is 2. The molecule has 3 rings (SSSR count). The van der Waals surface area contributed by atoms with E-state index in [1.807, 2.05) is 23.1 Å². The standard InChI is InChI=1S/C14H18N2O2/c1-15-13(17)16-9-8-14(10-16)7-6-11-4-2-3-5-12(11)18-14/h2-5H,6-10H2,1H3,(H,15,17). The van der Waals surface area contributed by atoms with Crippen LogP contribution in [0.25, 0.3) is 0 Å². The number of benzene rings is 1. The highest BCUT2D eigenvalue weighted by Gasteiger charge is 2.43. The number of rotatable bonds is 0. The molecule has 2 aliphatic rings. The minimum absolute atomic E-state index is 0.00525. The molecule has 4 nitrogen and oxygen atoms in total. The summed E-state index contributed by atoms with van der Waals surface area (Å²) in [4.78, 5) is 13.5. The number of nitrogens with one attached hydrogen (secondary N) is 1. The molecule has 0 radical (unpaired) electrons. The zero-order valence-corrected chi connectivity index (χ0v) is 10.6. The Morgan fingerprint density at radius 3 is 3.06 bits per heavy atom. The van der Waals surface area contributed by atoms with Gasteiger partial charge in [0.1, 0.15) is 11.4 Å². The van der Waals surface area contributed by atoms with E-state index in [1.54, 1.807) is 7.05 Å². The van der Waals surface area contributed by atoms with E-state index in [0.717, 1.165) is 31.6 Å². The van der Waals surface area contributed by atoms with Crippen LogP contribution >= 0.6 is 0 Å². The van der Waals surface area contributed by atoms with Gasteiger partial charge < -0.3 is 15.0 Å². The molecule has 1 spiro atoms. The quantitative estimate of drug-likeness (QED) is 0.758. The average Bonchev–Trinajstić information content (AvgIpc) is 2.81. The molecule has 1 aromatic rings. The number of amides is 2. The molecule has 1 saturated heterocycles. The normalized spacial score (nSPS) is 25.7. The lowest BCUT2D eigenvalue weighted by Crippen LogP contribution is -2.45. The van der Waals surface area contributed by atoms with Crippen molar-refractivity contribution in [2.45, 2.75) is 24.9 Å². The van der Waals surface area contributed by atoms with Gasteiger partial charge in [0.25, 0.3) is 0 Å². The predicted molar refractivity (Wildman–Crippen MR) is 68.8 cm³/mol. The van der Waals surface area contributed by atoms with Gasteiger partial charge in [-0.1, -0.05) is 18.2 Å². The second-order valence-electron chi connectivity index (χ2n) is 5.12. The highest BCUT2D eigenvalue weighted by atomic mass is 16.5. The summed E-state index contributed by atoms with van der Waals surface area (Å²) in [5.74, 6) is 0.988. The van der Waals surface area contributed by atoms with E-state index >= 15 is 0 Å². The van der Waals surface area contributed by atoms with E-state index in [4.69, 9.17) is 4.74 Å². The lowest BCUT2D eigenvalue weighted by molar-refractivity contribution is 0.0577. The zero-order valence-electron chi connectivity index (χ0n) is 10.6. The summed E-state index contributed by atoms with van der Waals surface area (Å²) in [6.45, 7) is 1.48. The van der Waals surface area contributed by atoms with Crippen molar-refractivity contribution in [1.82, 2.24) is 10.2 Å². The molecule has 96 valence electrons. The van der Waals surface area contributed by atoms with Crippen molar-refractivity contribution >= 4 is 6.03 Å². The number of fused-ring (bicyclic) bond motifs is 1. The van der Waals surface area contributed by atoms with Gasteiger partial charge in [0.15, 0.2) is 0 Å². The molecule has 0 aromatic heterocycles. The summed E-state index contributed by atoms with van der Waals surface area (Å²) in [6, 6.07) is 8.19. The molecule has 2 aliphatic heterocycles. The Balaban J connectivity index is 1.78. The maximum absolute atomic E-state index is 11.6. The molecule has 2 amide bonds. The van der Waals surface area contributed by atoms with Crippen molar-refractivity contribution in [2.75, 3.05) is 20.1 Å². The van der Waals surface area contributed by atoms with Gasteiger partial charge in [0.2, 0.25) is 0 Å². The van der Waals surface area contributed by atoms with Crippen LogP contribution in [0.3, 0.4) is 0 Å². The van der Waals surface area contributed by atoms with Crippen LogP contribution in [-0.2, 0) is 6.42 Å². The molecule has 1 atom stereocenters. The lowest BCUT2D eigenvalue weighted by atomic mass is 9.90. The predicted octanol–water partition coefficient (Wildman–Crippen LogP) is 1.80. The topological polar surface area (TPSA) is 41.6 Å². The first-order valence-electron chi connectivity index (χ1n) is 6.46. The number of nitrogens with zero attached hydrogens (tertiary/aromatic N) is 1. The fourth-order valence-corrected chi connectivity index (χ4v) is 2.92. The minimum Gasteiger partial charge on any atom is -0.485 e. The smallest absolute Gasteiger partial charge is 0.317 e. The summed E-state index contributed by atoms with van der Waals surface area (Å²) in [5, 5.41) is 2.68. The Bertz CT molecular complexity index is 475. The molecule has 2 heterocycles. The fraction of sp³-hybridized carbons (Fsp3) is 0.500. The van der Waals surface area contributed by atoms with E-state index in [2.05, 4.69) is 11.4 Å². The lowest BCUT2D eigenvalue weighted by Gasteiger charge is -2.35. The van der Waals surface area contributed by atoms with Gasteiger partial charge in [-0.05, 0) is 24.5 Å². The first kappa shape index (κ1) is 11.4. The van der Waals surface area contributed by atoms with Crippen LogP contribution in [0.5, 0.6) is 5.75 Å². The summed E-state index contributed by atoms with van der Waals surface area (Å²) < 4.78 is 6.18. The van der Waals surface area contributed by atoms with E-state index in [1.165, 1.54) is 5.56 Å². The van der Waals surface area contributed by atoms with Crippen LogP contribution in [0.4, 0.5) is 4.79 Å². The van der Waals surface area contributed by atoms with Crippen molar-refractivity contribution in [3.05, 3.63) is 29.8 Å². The highest BCUT2D eigenvalue weighted by Crippen LogP contribution is 2.38. The van der Waals surface area contributed by atoms with Gasteiger partial charge in [-0.3, -0.25) is 0 Å². The zero-order chi connectivity index (χ0) is 12.6. The molecule has 0 aliphatic carbocycles. The number of aryl methyl sites for hydroxylation is 1. The van der Waals surface area contributed by atoms with Crippen LogP contribution in [0.1, 0.15) is 18.4 Å². The van der Waals surface area contributed by atoms with Crippen LogP contribution in [0.15, 0.2) is 24.3 Å². The molecular weight excluding hydrogens is 228 g/mol. The Morgan fingerprint density at radius 1 is 1.39 bits per heavy atom. The maximum atomic E-state index is 11.6. The van der Waals surface area contributed by atoms with E-state index < -0.39 is 0 Å². The van der Waals surface area contributed by atoms with Gasteiger partial charge in [0.05, 0.1) is 6.54 Å². The molecule has 1 fully saturated rings. The molecule has 0 bridgehead atoms. The third-order valence-electron chi connectivity index (χ3n) is 3.97. The molecule has 4 heteroatoms. The minimum atomic E-state index is -0.166. The summed E-state index contributed by atoms with van der Waals surface area (Å²) in [7, 11) is 1.67. The maximum Gasteiger partial charge on any atom is 0.317 e. The summed E-state index contributed by atoms with van der Waals surface area (Å²) >= 11 is 0. The summed E-state index contributed by atoms with van der Waals surface area (Å²) in [5.41, 5.74) is 1.11. The second kappa shape index (κ2) is 4.19. The Labute approximate surface area is 107 Å². The fourth-order valence-electron chi connectivity index (χ4n) is 2.92. The number of para-hydroxylation sites is 1. The first-order valence-corrected chi connectivity index (χ1v) is 6.46. The van der Waals surface area contributed by atoms with Crippen LogP contribution in [-0.4, -0.2) is 36.7 Å². The van der Waals surface area contributed by atoms with Crippen molar-refractivity contribution in [3.63, 3.8) is 0 Å². The van der Waals surface area contributed by atoms with Gasteiger partial charge in [-0.15, -0.1) is 0 Å². The van der Waals surface area contributed by atoms with Gasteiger partial charge in [-0.25, -0.2) is 4.79 Å². The molecule has 18 heavy (non-hydrogen) atoms. The van der Waals surface area contributed by atoms with Gasteiger partial charge in [-0.2, -0.15) is 0 Å². The Morgan fingerprint density at radius 2 is 2.22 bits per heavy atom. The second-order valence-corrected chi connectivity index (χ2v) is 5.12. The monoisotopic (exact) mass is 246 g/mol. The van der Waals surface area contributed by atoms with Crippen molar-refractivity contribution in [2.24, 2.45) is 0 Å². The van der Waals surface area contributed by atoms with Gasteiger partial charge in [0, 0.05) is 20.0 Å². The van der Waals surface area contributed by atoms with Crippen molar-refractivity contribution in [3.8, 4) is 5.75 Å². The number of hydrogen-bond donors (Lipinski definition) is 1.